The number of rotatable bonds is 14. The van der Waals surface area contributed by atoms with Crippen LogP contribution in [0.4, 0.5) is 56.9 Å². The number of methoxy groups -OCH3 is 2. The maximum atomic E-state index is 12.6. The molecule has 0 bridgehead atoms. The first-order chi connectivity index (χ1) is 33.4. The zero-order valence-corrected chi connectivity index (χ0v) is 39.4. The number of aromatic hydroxyl groups is 2. The molecule has 0 aliphatic heterocycles. The van der Waals surface area contributed by atoms with Crippen molar-refractivity contribution in [1.82, 2.24) is 0 Å². The number of nitrogens with zero attached hydrogens (tertiary/aromatic N) is 8. The van der Waals surface area contributed by atoms with Crippen LogP contribution in [0.25, 0.3) is 21.5 Å². The van der Waals surface area contributed by atoms with Crippen LogP contribution in [0, 0.1) is 20.8 Å². The lowest BCUT2D eigenvalue weighted by Crippen LogP contribution is -1.99. The van der Waals surface area contributed by atoms with E-state index in [-0.39, 0.29) is 16.5 Å². The van der Waals surface area contributed by atoms with Crippen molar-refractivity contribution < 1.29 is 45.6 Å². The summed E-state index contributed by atoms with van der Waals surface area (Å²) in [5.74, 6) is 0.243. The van der Waals surface area contributed by atoms with Crippen LogP contribution in [0.15, 0.2) is 178 Å². The minimum atomic E-state index is -4.85. The van der Waals surface area contributed by atoms with Gasteiger partial charge >= 0.3 is 0 Å². The Morgan fingerprint density at radius 1 is 0.457 bits per heavy atom. The number of anilines is 2. The van der Waals surface area contributed by atoms with E-state index in [2.05, 4.69) is 46.2 Å². The van der Waals surface area contributed by atoms with E-state index < -0.39 is 41.5 Å². The molecule has 0 aliphatic carbocycles. The lowest BCUT2D eigenvalue weighted by molar-refractivity contribution is 0.415. The molecule has 0 saturated heterocycles. The number of phenolic OH excluding ortho intramolecular Hbond substituents is 2. The number of ether oxygens (including phenoxy) is 2. The topological polar surface area (TPSA) is 279 Å². The summed E-state index contributed by atoms with van der Waals surface area (Å²) in [6, 6.07) is 33.8. The Morgan fingerprint density at radius 2 is 1.01 bits per heavy atom. The fourth-order valence-electron chi connectivity index (χ4n) is 7.20. The lowest BCUT2D eigenvalue weighted by Gasteiger charge is -2.12. The summed E-state index contributed by atoms with van der Waals surface area (Å²) in [6.07, 6.45) is 0. The second kappa shape index (κ2) is 19.6. The summed E-state index contributed by atoms with van der Waals surface area (Å²) < 4.78 is 79.6. The first kappa shape index (κ1) is 48.0. The van der Waals surface area contributed by atoms with Gasteiger partial charge in [0.15, 0.2) is 5.75 Å². The van der Waals surface area contributed by atoms with E-state index in [9.17, 15) is 36.2 Å². The minimum Gasteiger partial charge on any atom is -0.508 e. The molecule has 354 valence electrons. The molecule has 0 radical (unpaired) electrons. The zero-order valence-electron chi connectivity index (χ0n) is 37.8. The molecular formula is C49H41N9O10S2. The molecule has 21 heteroatoms. The van der Waals surface area contributed by atoms with Crippen LogP contribution in [-0.2, 0) is 20.2 Å². The Hall–Kier alpha value is -8.50. The van der Waals surface area contributed by atoms with Crippen molar-refractivity contribution in [3.8, 4) is 23.0 Å². The van der Waals surface area contributed by atoms with Gasteiger partial charge in [0.2, 0.25) is 0 Å². The van der Waals surface area contributed by atoms with E-state index in [0.717, 1.165) is 17.3 Å². The predicted octanol–water partition coefficient (Wildman–Crippen LogP) is 14.2. The van der Waals surface area contributed by atoms with Crippen LogP contribution in [-0.4, -0.2) is 50.4 Å². The van der Waals surface area contributed by atoms with Gasteiger partial charge in [0, 0.05) is 34.3 Å². The molecule has 0 heterocycles. The van der Waals surface area contributed by atoms with Gasteiger partial charge in [-0.3, -0.25) is 9.11 Å². The second-order valence-corrected chi connectivity index (χ2v) is 18.5. The van der Waals surface area contributed by atoms with Gasteiger partial charge in [0.05, 0.1) is 48.3 Å². The predicted molar refractivity (Wildman–Crippen MR) is 264 cm³/mol. The van der Waals surface area contributed by atoms with E-state index >= 15 is 0 Å². The Kier molecular flexibility index (Phi) is 13.4. The van der Waals surface area contributed by atoms with Crippen LogP contribution < -0.4 is 14.8 Å². The quantitative estimate of drug-likeness (QED) is 0.0504. The number of azo groups is 4. The highest BCUT2D eigenvalue weighted by Crippen LogP contribution is 2.43. The molecule has 0 aliphatic rings. The van der Waals surface area contributed by atoms with Crippen LogP contribution in [0.1, 0.15) is 16.7 Å². The zero-order chi connectivity index (χ0) is 49.9. The highest BCUT2D eigenvalue weighted by molar-refractivity contribution is 7.86. The summed E-state index contributed by atoms with van der Waals surface area (Å²) in [7, 11) is -6.44. The number of hydrogen-bond donors (Lipinski definition) is 5. The van der Waals surface area contributed by atoms with Crippen molar-refractivity contribution in [3.63, 3.8) is 0 Å². The average Bonchev–Trinajstić information content (AvgIpc) is 3.32. The number of benzene rings is 8. The van der Waals surface area contributed by atoms with Gasteiger partial charge in [0.25, 0.3) is 20.2 Å². The molecule has 0 aromatic heterocycles. The largest absolute Gasteiger partial charge is 0.508 e. The van der Waals surface area contributed by atoms with Gasteiger partial charge in [-0.1, -0.05) is 6.07 Å². The third-order valence-electron chi connectivity index (χ3n) is 10.8. The van der Waals surface area contributed by atoms with Crippen LogP contribution >= 0.6 is 0 Å². The smallest absolute Gasteiger partial charge is 0.296 e. The highest BCUT2D eigenvalue weighted by Gasteiger charge is 2.23. The van der Waals surface area contributed by atoms with Crippen LogP contribution in [0.3, 0.4) is 0 Å². The molecule has 0 amide bonds. The highest BCUT2D eigenvalue weighted by atomic mass is 32.2. The molecule has 5 N–H and O–H groups in total. The van der Waals surface area contributed by atoms with Crippen molar-refractivity contribution in [2.75, 3.05) is 19.5 Å². The standard InChI is InChI=1S/C49H41N9O10S2/c1-27-18-34(11-16-41(27)54-55-42-17-12-36(25-45(42)68-5)52-51-35-7-6-30-22-37(59)26-46(40(30)24-35)69(61,62)63)53-56-43-19-29(3)44(20-28(43)2)57-58-48-47(70(64,65)66)23-31-21-33(10-15-39(31)49(48)60)50-32-8-13-38(67-4)14-9-32/h6-26,50,59-60H,1-5H3,(H,61,62,63)(H,64,65,66). The Morgan fingerprint density at radius 3 is 1.66 bits per heavy atom. The maximum Gasteiger partial charge on any atom is 0.296 e. The Labute approximate surface area is 400 Å². The van der Waals surface area contributed by atoms with Gasteiger partial charge in [-0.25, -0.2) is 0 Å². The van der Waals surface area contributed by atoms with Crippen LogP contribution in [0.5, 0.6) is 23.0 Å². The molecule has 8 rings (SSSR count). The lowest BCUT2D eigenvalue weighted by atomic mass is 10.1. The monoisotopic (exact) mass is 979 g/mol. The van der Waals surface area contributed by atoms with Gasteiger partial charge < -0.3 is 25.0 Å². The molecule has 70 heavy (non-hydrogen) atoms. The molecule has 0 atom stereocenters. The number of fused-ring (bicyclic) bond motifs is 2. The van der Waals surface area contributed by atoms with Crippen molar-refractivity contribution in [3.05, 3.63) is 144 Å². The number of nitrogens with one attached hydrogen (secondary N) is 1. The maximum absolute atomic E-state index is 12.6. The molecular weight excluding hydrogens is 939 g/mol. The molecule has 0 fully saturated rings. The van der Waals surface area contributed by atoms with Gasteiger partial charge in [0.1, 0.15) is 38.4 Å². The number of hydrogen-bond acceptors (Lipinski definition) is 17. The number of aryl methyl sites for hydroxylation is 3. The molecule has 0 saturated carbocycles. The van der Waals surface area contributed by atoms with Crippen molar-refractivity contribution in [1.29, 1.82) is 0 Å². The first-order valence-electron chi connectivity index (χ1n) is 20.9. The first-order valence-corrected chi connectivity index (χ1v) is 23.7. The van der Waals surface area contributed by atoms with Crippen molar-refractivity contribution in [2.24, 2.45) is 40.9 Å². The summed E-state index contributed by atoms with van der Waals surface area (Å²) in [6.45, 7) is 5.40. The SMILES string of the molecule is COc1ccc(Nc2ccc3c(O)c(N=Nc4cc(C)c(N=Nc5ccc(N=Nc6ccc(N=Nc7ccc8cc(O)cc(S(=O)(=O)O)c8c7)cc6OC)c(C)c5)cc4C)c(S(=O)(=O)O)cc3c2)cc1. The van der Waals surface area contributed by atoms with Gasteiger partial charge in [-0.05, 0) is 157 Å². The van der Waals surface area contributed by atoms with E-state index in [1.807, 2.05) is 19.1 Å². The van der Waals surface area contributed by atoms with E-state index in [4.69, 9.17) is 9.47 Å². The number of phenols is 2. The summed E-state index contributed by atoms with van der Waals surface area (Å²) in [5, 5.41) is 60.0. The average molecular weight is 980 g/mol. The summed E-state index contributed by atoms with van der Waals surface area (Å²) in [5.41, 5.74) is 6.06. The Bertz CT molecular complexity index is 3730. The van der Waals surface area contributed by atoms with E-state index in [1.54, 1.807) is 112 Å². The molecule has 0 unspecified atom stereocenters. The van der Waals surface area contributed by atoms with Gasteiger partial charge in [-0.15, -0.1) is 10.2 Å². The molecule has 19 nitrogen and oxygen atoms in total. The molecule has 8 aromatic carbocycles. The summed E-state index contributed by atoms with van der Waals surface area (Å²) >= 11 is 0. The fourth-order valence-corrected chi connectivity index (χ4v) is 8.58. The third-order valence-corrected chi connectivity index (χ3v) is 12.6. The minimum absolute atomic E-state index is 0.161. The molecule has 0 spiro atoms. The molecule has 8 aromatic rings. The summed E-state index contributed by atoms with van der Waals surface area (Å²) in [4.78, 5) is -1.08. The van der Waals surface area contributed by atoms with Crippen molar-refractivity contribution >= 4 is 98.7 Å². The van der Waals surface area contributed by atoms with E-state index in [0.29, 0.717) is 78.9 Å². The van der Waals surface area contributed by atoms with Gasteiger partial charge in [-0.2, -0.15) is 47.5 Å². The third kappa shape index (κ3) is 10.8. The normalized spacial score (nSPS) is 12.3. The fraction of sp³-hybridized carbons (Fsp3) is 0.102. The van der Waals surface area contributed by atoms with E-state index in [1.165, 1.54) is 25.3 Å². The van der Waals surface area contributed by atoms with Crippen LogP contribution in [0.2, 0.25) is 0 Å². The van der Waals surface area contributed by atoms with Crippen molar-refractivity contribution in [2.45, 2.75) is 30.6 Å². The second-order valence-electron chi connectivity index (χ2n) is 15.7. The Balaban J connectivity index is 0.956.